The summed E-state index contributed by atoms with van der Waals surface area (Å²) in [6, 6.07) is 0. The Labute approximate surface area is 115 Å². The average Bonchev–Trinajstić information content (AvgIpc) is 2.55. The van der Waals surface area contributed by atoms with Gasteiger partial charge in [0, 0.05) is 20.8 Å². The van der Waals surface area contributed by atoms with Gasteiger partial charge in [0.05, 0.1) is 0 Å². The van der Waals surface area contributed by atoms with Crippen LogP contribution in [0.1, 0.15) is 27.7 Å². The van der Waals surface area contributed by atoms with Crippen molar-refractivity contribution in [1.82, 2.24) is 0 Å². The van der Waals surface area contributed by atoms with Gasteiger partial charge in [-0.3, -0.25) is 14.4 Å². The number of carbonyl (C=O) groups excluding carboxylic acids is 3. The van der Waals surface area contributed by atoms with Crippen molar-refractivity contribution < 1.29 is 38.4 Å². The molecule has 8 nitrogen and oxygen atoms in total. The largest absolute Gasteiger partial charge is 0.460 e. The molecule has 114 valence electrons. The third kappa shape index (κ3) is 4.17. The topological polar surface area (TPSA) is 108 Å². The molecule has 1 aliphatic rings. The summed E-state index contributed by atoms with van der Waals surface area (Å²) in [6.45, 7) is 5.06. The number of ether oxygens (including phenoxy) is 4. The van der Waals surface area contributed by atoms with Gasteiger partial charge in [-0.2, -0.15) is 0 Å². The molecule has 0 aliphatic carbocycles. The second-order valence-corrected chi connectivity index (χ2v) is 4.45. The number of aliphatic hydroxyl groups excluding tert-OH is 1. The first-order chi connectivity index (χ1) is 9.22. The Bertz CT molecular complexity index is 393. The van der Waals surface area contributed by atoms with Gasteiger partial charge in [0.1, 0.15) is 12.2 Å². The van der Waals surface area contributed by atoms with Gasteiger partial charge in [-0.15, -0.1) is 0 Å². The normalized spacial score (nSPS) is 30.4. The van der Waals surface area contributed by atoms with E-state index >= 15 is 0 Å². The third-order valence-corrected chi connectivity index (χ3v) is 2.64. The molecule has 20 heavy (non-hydrogen) atoms. The molecule has 0 bridgehead atoms. The number of rotatable bonds is 4. The molecule has 5 atom stereocenters. The Hall–Kier alpha value is -1.67. The lowest BCUT2D eigenvalue weighted by Crippen LogP contribution is -2.44. The number of hydrogen-bond donors (Lipinski definition) is 1. The average molecular weight is 290 g/mol. The van der Waals surface area contributed by atoms with E-state index in [2.05, 4.69) is 0 Å². The number of aliphatic hydroxyl groups is 1. The quantitative estimate of drug-likeness (QED) is 0.546. The summed E-state index contributed by atoms with van der Waals surface area (Å²) >= 11 is 0. The molecule has 0 spiro atoms. The molecule has 0 aromatic heterocycles. The lowest BCUT2D eigenvalue weighted by Gasteiger charge is -2.25. The van der Waals surface area contributed by atoms with Gasteiger partial charge in [-0.05, 0) is 6.92 Å². The summed E-state index contributed by atoms with van der Waals surface area (Å²) in [5, 5.41) is 9.74. The zero-order valence-corrected chi connectivity index (χ0v) is 11.7. The molecule has 0 radical (unpaired) electrons. The van der Waals surface area contributed by atoms with Crippen molar-refractivity contribution in [2.75, 3.05) is 0 Å². The van der Waals surface area contributed by atoms with E-state index in [-0.39, 0.29) is 0 Å². The highest BCUT2D eigenvalue weighted by atomic mass is 16.7. The maximum Gasteiger partial charge on any atom is 0.303 e. The van der Waals surface area contributed by atoms with Gasteiger partial charge in [-0.25, -0.2) is 0 Å². The van der Waals surface area contributed by atoms with Gasteiger partial charge >= 0.3 is 17.9 Å². The molecular formula is C12H18O8. The number of hydrogen-bond acceptors (Lipinski definition) is 8. The second-order valence-electron chi connectivity index (χ2n) is 4.45. The minimum absolute atomic E-state index is 0.548. The molecule has 1 aliphatic heterocycles. The highest BCUT2D eigenvalue weighted by Gasteiger charge is 2.51. The van der Waals surface area contributed by atoms with E-state index in [0.717, 1.165) is 6.92 Å². The molecule has 1 saturated heterocycles. The Morgan fingerprint density at radius 3 is 1.95 bits per heavy atom. The molecule has 0 aromatic carbocycles. The van der Waals surface area contributed by atoms with Crippen LogP contribution in [0, 0.1) is 0 Å². The van der Waals surface area contributed by atoms with Gasteiger partial charge in [-0.1, -0.05) is 0 Å². The van der Waals surface area contributed by atoms with Gasteiger partial charge in [0.25, 0.3) is 0 Å². The molecule has 1 N–H and O–H groups in total. The third-order valence-electron chi connectivity index (χ3n) is 2.64. The van der Waals surface area contributed by atoms with Crippen LogP contribution in [0.25, 0.3) is 0 Å². The zero-order chi connectivity index (χ0) is 15.4. The molecule has 0 saturated carbocycles. The molecule has 8 heteroatoms. The van der Waals surface area contributed by atoms with Crippen molar-refractivity contribution in [2.24, 2.45) is 0 Å². The summed E-state index contributed by atoms with van der Waals surface area (Å²) in [7, 11) is 0. The predicted molar refractivity (Wildman–Crippen MR) is 63.2 cm³/mol. The zero-order valence-electron chi connectivity index (χ0n) is 11.7. The summed E-state index contributed by atoms with van der Waals surface area (Å²) in [5.41, 5.74) is 0. The molecule has 1 unspecified atom stereocenters. The predicted octanol–water partition coefficient (Wildman–Crippen LogP) is -0.481. The maximum absolute atomic E-state index is 11.1. The summed E-state index contributed by atoms with van der Waals surface area (Å²) in [4.78, 5) is 33.1. The fraction of sp³-hybridized carbons (Fsp3) is 0.750. The van der Waals surface area contributed by atoms with Crippen LogP contribution < -0.4 is 0 Å². The van der Waals surface area contributed by atoms with Crippen molar-refractivity contribution in [3.63, 3.8) is 0 Å². The van der Waals surface area contributed by atoms with E-state index in [4.69, 9.17) is 18.9 Å². The molecular weight excluding hydrogens is 272 g/mol. The Morgan fingerprint density at radius 2 is 1.50 bits per heavy atom. The minimum Gasteiger partial charge on any atom is -0.460 e. The van der Waals surface area contributed by atoms with Crippen LogP contribution in [0.2, 0.25) is 0 Å². The molecule has 1 rings (SSSR count). The SMILES string of the molecule is CC(=O)O[C@@H]1[C@@H]([C@H](C)OC(C)=O)OC(O)[C@H]1OC(C)=O. The van der Waals surface area contributed by atoms with Gasteiger partial charge < -0.3 is 24.1 Å². The summed E-state index contributed by atoms with van der Waals surface area (Å²) in [6.07, 6.45) is -5.40. The van der Waals surface area contributed by atoms with Crippen LogP contribution in [-0.2, 0) is 33.3 Å². The van der Waals surface area contributed by atoms with Crippen LogP contribution in [0.5, 0.6) is 0 Å². The second kappa shape index (κ2) is 6.67. The van der Waals surface area contributed by atoms with Crippen LogP contribution in [0.3, 0.4) is 0 Å². The smallest absolute Gasteiger partial charge is 0.303 e. The van der Waals surface area contributed by atoms with E-state index in [1.807, 2.05) is 0 Å². The van der Waals surface area contributed by atoms with Crippen LogP contribution >= 0.6 is 0 Å². The van der Waals surface area contributed by atoms with Gasteiger partial charge in [0.15, 0.2) is 18.5 Å². The van der Waals surface area contributed by atoms with Crippen LogP contribution in [0.4, 0.5) is 0 Å². The minimum atomic E-state index is -1.47. The van der Waals surface area contributed by atoms with Crippen molar-refractivity contribution in [3.05, 3.63) is 0 Å². The highest BCUT2D eigenvalue weighted by molar-refractivity contribution is 5.68. The first-order valence-corrected chi connectivity index (χ1v) is 6.07. The monoisotopic (exact) mass is 290 g/mol. The Kier molecular flexibility index (Phi) is 5.46. The lowest BCUT2D eigenvalue weighted by atomic mass is 10.1. The molecule has 1 fully saturated rings. The van der Waals surface area contributed by atoms with Crippen LogP contribution in [-0.4, -0.2) is 53.7 Å². The van der Waals surface area contributed by atoms with E-state index in [0.29, 0.717) is 0 Å². The van der Waals surface area contributed by atoms with Crippen molar-refractivity contribution in [1.29, 1.82) is 0 Å². The van der Waals surface area contributed by atoms with Crippen molar-refractivity contribution in [3.8, 4) is 0 Å². The van der Waals surface area contributed by atoms with E-state index in [1.165, 1.54) is 20.8 Å². The summed E-state index contributed by atoms with van der Waals surface area (Å²) < 4.78 is 20.0. The lowest BCUT2D eigenvalue weighted by molar-refractivity contribution is -0.176. The Balaban J connectivity index is 2.89. The van der Waals surface area contributed by atoms with E-state index in [1.54, 1.807) is 0 Å². The van der Waals surface area contributed by atoms with Crippen molar-refractivity contribution in [2.45, 2.75) is 58.4 Å². The fourth-order valence-electron chi connectivity index (χ4n) is 2.01. The molecule has 0 amide bonds. The fourth-order valence-corrected chi connectivity index (χ4v) is 2.01. The van der Waals surface area contributed by atoms with E-state index in [9.17, 15) is 19.5 Å². The number of carbonyl (C=O) groups is 3. The number of esters is 3. The van der Waals surface area contributed by atoms with E-state index < -0.39 is 48.6 Å². The molecule has 0 aromatic rings. The van der Waals surface area contributed by atoms with Crippen molar-refractivity contribution >= 4 is 17.9 Å². The highest BCUT2D eigenvalue weighted by Crippen LogP contribution is 2.29. The maximum atomic E-state index is 11.1. The van der Waals surface area contributed by atoms with Crippen LogP contribution in [0.15, 0.2) is 0 Å². The summed E-state index contributed by atoms with van der Waals surface area (Å²) in [5.74, 6) is -1.84. The van der Waals surface area contributed by atoms with Gasteiger partial charge in [0.2, 0.25) is 0 Å². The first-order valence-electron chi connectivity index (χ1n) is 6.07. The first kappa shape index (κ1) is 16.4. The Morgan fingerprint density at radius 1 is 1.00 bits per heavy atom. The standard InChI is InChI=1S/C12H18O8/c1-5(17-6(2)13)9-10(18-7(3)14)11(12(16)20-9)19-8(4)15/h5,9-12,16H,1-4H3/t5-,9+,10+,11-,12?/m0/s1. The molecule has 1 heterocycles.